The molecule has 2 saturated heterocycles. The van der Waals surface area contributed by atoms with Crippen molar-refractivity contribution in [1.29, 1.82) is 0 Å². The van der Waals surface area contributed by atoms with Crippen LogP contribution in [-0.4, -0.2) is 88.8 Å². The van der Waals surface area contributed by atoms with E-state index in [-0.39, 0.29) is 0 Å². The number of fused-ring (bicyclic) bond motifs is 1. The van der Waals surface area contributed by atoms with Crippen molar-refractivity contribution in [2.45, 2.75) is 25.8 Å². The number of nitrogens with zero attached hydrogens (tertiary/aromatic N) is 5. The largest absolute Gasteiger partial charge is 0.381 e. The van der Waals surface area contributed by atoms with Gasteiger partial charge in [0.2, 0.25) is 5.95 Å². The maximum Gasteiger partial charge on any atom is 0.231 e. The molecule has 4 heterocycles. The van der Waals surface area contributed by atoms with E-state index in [0.29, 0.717) is 17.6 Å². The molecule has 2 fully saturated rings. The number of hydrogen-bond donors (Lipinski definition) is 3. The number of aryl methyl sites for hydroxylation is 1. The fraction of sp³-hybridized carbons (Fsp3) is 0.480. The van der Waals surface area contributed by atoms with Gasteiger partial charge < -0.3 is 25.3 Å². The zero-order valence-electron chi connectivity index (χ0n) is 19.9. The van der Waals surface area contributed by atoms with Crippen molar-refractivity contribution in [2.24, 2.45) is 0 Å². The van der Waals surface area contributed by atoms with Crippen LogP contribution in [0.1, 0.15) is 24.0 Å². The summed E-state index contributed by atoms with van der Waals surface area (Å²) in [7, 11) is 2.17. The molecule has 1 aromatic carbocycles. The molecule has 9 heteroatoms. The molecule has 0 amide bonds. The van der Waals surface area contributed by atoms with Crippen molar-refractivity contribution in [3.63, 3.8) is 0 Å². The third kappa shape index (κ3) is 5.47. The lowest BCUT2D eigenvalue weighted by atomic mass is 10.1. The van der Waals surface area contributed by atoms with Gasteiger partial charge >= 0.3 is 0 Å². The van der Waals surface area contributed by atoms with E-state index < -0.39 is 0 Å². The maximum atomic E-state index is 5.47. The zero-order chi connectivity index (χ0) is 23.3. The number of imidazole rings is 1. The number of aromatic amines is 1. The van der Waals surface area contributed by atoms with Crippen LogP contribution in [-0.2, 0) is 4.74 Å². The third-order valence-electron chi connectivity index (χ3n) is 6.45. The molecule has 0 atom stereocenters. The second-order valence-electron chi connectivity index (χ2n) is 9.06. The molecule has 5 rings (SSSR count). The van der Waals surface area contributed by atoms with Crippen LogP contribution < -0.4 is 10.6 Å². The topological polar surface area (TPSA) is 94.2 Å². The van der Waals surface area contributed by atoms with Gasteiger partial charge in [0.05, 0.1) is 12.9 Å². The summed E-state index contributed by atoms with van der Waals surface area (Å²) in [5.41, 5.74) is 4.53. The van der Waals surface area contributed by atoms with E-state index >= 15 is 0 Å². The molecule has 2 aliphatic heterocycles. The van der Waals surface area contributed by atoms with Gasteiger partial charge in [0.25, 0.3) is 0 Å². The predicted octanol–water partition coefficient (Wildman–Crippen LogP) is 2.59. The lowest BCUT2D eigenvalue weighted by Gasteiger charge is -2.30. The van der Waals surface area contributed by atoms with Crippen molar-refractivity contribution in [2.75, 3.05) is 63.6 Å². The number of likely N-dealkylation sites (N-methyl/N-ethyl adjacent to an activating group) is 1. The molecule has 2 aliphatic rings. The molecule has 2 aromatic heterocycles. The van der Waals surface area contributed by atoms with Crippen LogP contribution in [0.25, 0.3) is 11.2 Å². The Morgan fingerprint density at radius 2 is 1.97 bits per heavy atom. The number of aromatic nitrogens is 4. The van der Waals surface area contributed by atoms with E-state index in [1.54, 1.807) is 6.33 Å². The average Bonchev–Trinajstić information content (AvgIpc) is 3.32. The van der Waals surface area contributed by atoms with Gasteiger partial charge in [-0.2, -0.15) is 9.97 Å². The number of rotatable bonds is 5. The van der Waals surface area contributed by atoms with E-state index in [2.05, 4.69) is 67.3 Å². The Morgan fingerprint density at radius 3 is 2.76 bits per heavy atom. The maximum absolute atomic E-state index is 5.47. The molecule has 3 N–H and O–H groups in total. The SMILES string of the molecule is Cc1cc(C#CCN2CCN(C)CC2)ccc1Nc1nc(NC2CCOCC2)c2nc[nH]c2n1. The van der Waals surface area contributed by atoms with Crippen LogP contribution in [0.15, 0.2) is 24.5 Å². The standard InChI is InChI=1S/C25H32N8O/c1-18-16-19(4-3-9-33-12-10-32(2)11-13-33)5-6-21(18)29-25-30-23-22(26-17-27-23)24(31-25)28-20-7-14-34-15-8-20/h5-6,16-17,20H,7-15H2,1-2H3,(H3,26,27,28,29,30,31). The normalized spacial score (nSPS) is 17.9. The second-order valence-corrected chi connectivity index (χ2v) is 9.06. The minimum absolute atomic E-state index is 0.321. The molecular weight excluding hydrogens is 428 g/mol. The highest BCUT2D eigenvalue weighted by atomic mass is 16.5. The Morgan fingerprint density at radius 1 is 1.15 bits per heavy atom. The molecule has 0 bridgehead atoms. The molecular formula is C25H32N8O. The number of H-pyrrole nitrogens is 1. The Labute approximate surface area is 200 Å². The third-order valence-corrected chi connectivity index (χ3v) is 6.45. The summed E-state index contributed by atoms with van der Waals surface area (Å²) in [6.07, 6.45) is 3.56. The fourth-order valence-corrected chi connectivity index (χ4v) is 4.29. The van der Waals surface area contributed by atoms with Gasteiger partial charge in [0.15, 0.2) is 11.5 Å². The van der Waals surface area contributed by atoms with Crippen LogP contribution in [0.3, 0.4) is 0 Å². The number of nitrogens with one attached hydrogen (secondary N) is 3. The number of benzene rings is 1. The fourth-order valence-electron chi connectivity index (χ4n) is 4.29. The first-order valence-corrected chi connectivity index (χ1v) is 12.0. The quantitative estimate of drug-likeness (QED) is 0.500. The Kier molecular flexibility index (Phi) is 6.90. The molecule has 0 unspecified atom stereocenters. The van der Waals surface area contributed by atoms with Crippen LogP contribution in [0, 0.1) is 18.8 Å². The first-order valence-electron chi connectivity index (χ1n) is 12.0. The van der Waals surface area contributed by atoms with Gasteiger partial charge in [-0.25, -0.2) is 4.98 Å². The molecule has 3 aromatic rings. The van der Waals surface area contributed by atoms with Crippen molar-refractivity contribution < 1.29 is 4.74 Å². The van der Waals surface area contributed by atoms with Crippen molar-refractivity contribution in [3.8, 4) is 11.8 Å². The summed E-state index contributed by atoms with van der Waals surface area (Å²) in [5.74, 6) is 7.91. The average molecular weight is 461 g/mol. The first-order chi connectivity index (χ1) is 16.6. The molecule has 0 aliphatic carbocycles. The highest BCUT2D eigenvalue weighted by Gasteiger charge is 2.18. The summed E-state index contributed by atoms with van der Waals surface area (Å²) in [6.45, 7) is 8.80. The monoisotopic (exact) mass is 460 g/mol. The first kappa shape index (κ1) is 22.6. The predicted molar refractivity (Wildman–Crippen MR) is 134 cm³/mol. The smallest absolute Gasteiger partial charge is 0.231 e. The Bertz CT molecular complexity index is 1180. The molecule has 9 nitrogen and oxygen atoms in total. The van der Waals surface area contributed by atoms with E-state index in [1.807, 2.05) is 12.1 Å². The zero-order valence-corrected chi connectivity index (χ0v) is 19.9. The summed E-state index contributed by atoms with van der Waals surface area (Å²) < 4.78 is 5.47. The van der Waals surface area contributed by atoms with Crippen molar-refractivity contribution >= 4 is 28.6 Å². The summed E-state index contributed by atoms with van der Waals surface area (Å²) in [5, 5.41) is 6.91. The van der Waals surface area contributed by atoms with Gasteiger partial charge in [0.1, 0.15) is 5.52 Å². The van der Waals surface area contributed by atoms with Crippen LogP contribution >= 0.6 is 0 Å². The summed E-state index contributed by atoms with van der Waals surface area (Å²) >= 11 is 0. The van der Waals surface area contributed by atoms with Crippen LogP contribution in [0.4, 0.5) is 17.5 Å². The van der Waals surface area contributed by atoms with Gasteiger partial charge in [-0.3, -0.25) is 4.90 Å². The van der Waals surface area contributed by atoms with E-state index in [1.165, 1.54) is 0 Å². The van der Waals surface area contributed by atoms with E-state index in [4.69, 9.17) is 9.72 Å². The van der Waals surface area contributed by atoms with Gasteiger partial charge in [-0.05, 0) is 50.6 Å². The second kappa shape index (κ2) is 10.4. The molecule has 0 saturated carbocycles. The van der Waals surface area contributed by atoms with E-state index in [0.717, 1.165) is 86.9 Å². The number of piperazine rings is 1. The Balaban J connectivity index is 1.27. The lowest BCUT2D eigenvalue weighted by molar-refractivity contribution is 0.0904. The lowest BCUT2D eigenvalue weighted by Crippen LogP contribution is -2.44. The number of hydrogen-bond acceptors (Lipinski definition) is 8. The molecule has 0 radical (unpaired) electrons. The van der Waals surface area contributed by atoms with Crippen molar-refractivity contribution in [3.05, 3.63) is 35.7 Å². The number of ether oxygens (including phenoxy) is 1. The van der Waals surface area contributed by atoms with Crippen molar-refractivity contribution in [1.82, 2.24) is 29.7 Å². The molecule has 0 spiro atoms. The minimum Gasteiger partial charge on any atom is -0.381 e. The number of anilines is 3. The van der Waals surface area contributed by atoms with Gasteiger partial charge in [-0.1, -0.05) is 11.8 Å². The van der Waals surface area contributed by atoms with Gasteiger partial charge in [0, 0.05) is 56.7 Å². The highest BCUT2D eigenvalue weighted by molar-refractivity contribution is 5.84. The highest BCUT2D eigenvalue weighted by Crippen LogP contribution is 2.25. The minimum atomic E-state index is 0.321. The summed E-state index contributed by atoms with van der Waals surface area (Å²) in [6, 6.07) is 6.51. The summed E-state index contributed by atoms with van der Waals surface area (Å²) in [4.78, 5) is 21.6. The van der Waals surface area contributed by atoms with Gasteiger partial charge in [-0.15, -0.1) is 0 Å². The van der Waals surface area contributed by atoms with E-state index in [9.17, 15) is 0 Å². The molecule has 34 heavy (non-hydrogen) atoms. The molecule has 178 valence electrons. The Hall–Kier alpha value is -3.19. The van der Waals surface area contributed by atoms with Crippen LogP contribution in [0.2, 0.25) is 0 Å². The van der Waals surface area contributed by atoms with Crippen LogP contribution in [0.5, 0.6) is 0 Å².